The molecule has 1 aromatic heterocycles. The zero-order valence-electron chi connectivity index (χ0n) is 10.6. The van der Waals surface area contributed by atoms with Crippen LogP contribution in [0.4, 0.5) is 4.79 Å². The van der Waals surface area contributed by atoms with Gasteiger partial charge in [-0.1, -0.05) is 11.6 Å². The molecule has 7 nitrogen and oxygen atoms in total. The van der Waals surface area contributed by atoms with Gasteiger partial charge in [0.05, 0.1) is 18.4 Å². The molecule has 20 heavy (non-hydrogen) atoms. The van der Waals surface area contributed by atoms with Gasteiger partial charge in [0.2, 0.25) is 0 Å². The van der Waals surface area contributed by atoms with Crippen molar-refractivity contribution in [3.05, 3.63) is 23.0 Å². The van der Waals surface area contributed by atoms with Crippen molar-refractivity contribution in [2.24, 2.45) is 11.1 Å². The predicted molar refractivity (Wildman–Crippen MR) is 71.0 cm³/mol. The maximum absolute atomic E-state index is 11.1. The molecule has 108 valence electrons. The zero-order chi connectivity index (χ0) is 14.8. The molecule has 2 amide bonds. The molecule has 0 aromatic carbocycles. The highest BCUT2D eigenvalue weighted by molar-refractivity contribution is 6.32. The number of hydrogen-bond acceptors (Lipinski definition) is 4. The highest BCUT2D eigenvalue weighted by atomic mass is 35.5. The molecule has 8 heteroatoms. The van der Waals surface area contributed by atoms with Gasteiger partial charge in [0.25, 0.3) is 5.91 Å². The molecule has 1 fully saturated rings. The summed E-state index contributed by atoms with van der Waals surface area (Å²) >= 11 is 5.74. The zero-order valence-corrected chi connectivity index (χ0v) is 11.3. The standard InChI is InChI=1S/C12H14ClN3O4/c13-9-8(10(14)17)3-7(4-15-9)20-6-12(1-2-12)5-16-11(18)19/h3-4,16H,1-2,5-6H2,(H2,14,17)(H,18,19). The number of rotatable bonds is 6. The number of hydrogen-bond donors (Lipinski definition) is 3. The number of amides is 2. The number of nitrogens with two attached hydrogens (primary N) is 1. The van der Waals surface area contributed by atoms with Crippen LogP contribution in [0, 0.1) is 5.41 Å². The van der Waals surface area contributed by atoms with Crippen molar-refractivity contribution in [2.45, 2.75) is 12.8 Å². The number of carbonyl (C=O) groups excluding carboxylic acids is 1. The third kappa shape index (κ3) is 3.51. The van der Waals surface area contributed by atoms with Crippen molar-refractivity contribution >= 4 is 23.6 Å². The lowest BCUT2D eigenvalue weighted by Gasteiger charge is -2.16. The van der Waals surface area contributed by atoms with Gasteiger partial charge in [-0.05, 0) is 18.9 Å². The number of nitrogens with one attached hydrogen (secondary N) is 1. The molecular formula is C12H14ClN3O4. The van der Waals surface area contributed by atoms with E-state index < -0.39 is 12.0 Å². The fraction of sp³-hybridized carbons (Fsp3) is 0.417. The second-order valence-electron chi connectivity index (χ2n) is 4.82. The lowest BCUT2D eigenvalue weighted by molar-refractivity contribution is 0.0999. The number of pyridine rings is 1. The Kier molecular flexibility index (Phi) is 3.99. The van der Waals surface area contributed by atoms with Crippen LogP contribution < -0.4 is 15.8 Å². The summed E-state index contributed by atoms with van der Waals surface area (Å²) in [6.07, 6.45) is 2.11. The molecule has 1 aromatic rings. The summed E-state index contributed by atoms with van der Waals surface area (Å²) in [6, 6.07) is 1.43. The van der Waals surface area contributed by atoms with E-state index in [0.717, 1.165) is 12.8 Å². The summed E-state index contributed by atoms with van der Waals surface area (Å²) in [7, 11) is 0. The minimum Gasteiger partial charge on any atom is -0.491 e. The van der Waals surface area contributed by atoms with Gasteiger partial charge in [-0.3, -0.25) is 4.79 Å². The van der Waals surface area contributed by atoms with Crippen LogP contribution in [0.5, 0.6) is 5.75 Å². The summed E-state index contributed by atoms with van der Waals surface area (Å²) in [5.41, 5.74) is 5.08. The Morgan fingerprint density at radius 2 is 2.25 bits per heavy atom. The summed E-state index contributed by atoms with van der Waals surface area (Å²) in [5.74, 6) is -0.300. The summed E-state index contributed by atoms with van der Waals surface area (Å²) < 4.78 is 5.55. The molecular weight excluding hydrogens is 286 g/mol. The lowest BCUT2D eigenvalue weighted by Crippen LogP contribution is -2.32. The van der Waals surface area contributed by atoms with E-state index in [2.05, 4.69) is 10.3 Å². The first-order valence-electron chi connectivity index (χ1n) is 5.97. The first-order chi connectivity index (χ1) is 9.42. The predicted octanol–water partition coefficient (Wildman–Crippen LogP) is 1.26. The van der Waals surface area contributed by atoms with Crippen LogP contribution in [0.15, 0.2) is 12.3 Å². The van der Waals surface area contributed by atoms with Crippen LogP contribution in [0.2, 0.25) is 5.15 Å². The Balaban J connectivity index is 1.96. The largest absolute Gasteiger partial charge is 0.491 e. The Bertz CT molecular complexity index is 546. The summed E-state index contributed by atoms with van der Waals surface area (Å²) in [6.45, 7) is 0.681. The number of primary amides is 1. The Hall–Kier alpha value is -2.02. The first kappa shape index (κ1) is 14.4. The fourth-order valence-corrected chi connectivity index (χ4v) is 1.93. The second kappa shape index (κ2) is 5.54. The van der Waals surface area contributed by atoms with Crippen LogP contribution in [0.25, 0.3) is 0 Å². The lowest BCUT2D eigenvalue weighted by atomic mass is 10.1. The quantitative estimate of drug-likeness (QED) is 0.684. The van der Waals surface area contributed by atoms with Crippen LogP contribution >= 0.6 is 11.6 Å². The van der Waals surface area contributed by atoms with E-state index in [1.165, 1.54) is 12.3 Å². The van der Waals surface area contributed by atoms with E-state index in [1.54, 1.807) is 0 Å². The van der Waals surface area contributed by atoms with Crippen LogP contribution in [-0.2, 0) is 0 Å². The van der Waals surface area contributed by atoms with Gasteiger partial charge in [0, 0.05) is 12.0 Å². The normalized spacial score (nSPS) is 15.4. The van der Waals surface area contributed by atoms with Crippen LogP contribution in [0.3, 0.4) is 0 Å². The fourth-order valence-electron chi connectivity index (χ4n) is 1.73. The van der Waals surface area contributed by atoms with E-state index in [9.17, 15) is 9.59 Å². The van der Waals surface area contributed by atoms with Crippen LogP contribution in [0.1, 0.15) is 23.2 Å². The van der Waals surface area contributed by atoms with Crippen molar-refractivity contribution in [3.8, 4) is 5.75 Å². The highest BCUT2D eigenvalue weighted by Crippen LogP contribution is 2.45. The van der Waals surface area contributed by atoms with Gasteiger partial charge in [-0.25, -0.2) is 9.78 Å². The van der Waals surface area contributed by atoms with Crippen molar-refractivity contribution in [2.75, 3.05) is 13.2 Å². The third-order valence-corrected chi connectivity index (χ3v) is 3.50. The molecule has 0 saturated heterocycles. The third-order valence-electron chi connectivity index (χ3n) is 3.20. The van der Waals surface area contributed by atoms with Gasteiger partial charge in [-0.15, -0.1) is 0 Å². The smallest absolute Gasteiger partial charge is 0.404 e. The number of carboxylic acid groups (broad SMARTS) is 1. The summed E-state index contributed by atoms with van der Waals surface area (Å²) in [4.78, 5) is 25.4. The molecule has 0 radical (unpaired) electrons. The van der Waals surface area contributed by atoms with Gasteiger partial charge >= 0.3 is 6.09 Å². The molecule has 1 aliphatic carbocycles. The van der Waals surface area contributed by atoms with E-state index >= 15 is 0 Å². The van der Waals surface area contributed by atoms with Crippen LogP contribution in [-0.4, -0.2) is 35.2 Å². The van der Waals surface area contributed by atoms with E-state index in [-0.39, 0.29) is 16.1 Å². The maximum atomic E-state index is 11.1. The van der Waals surface area contributed by atoms with Gasteiger partial charge in [-0.2, -0.15) is 0 Å². The Morgan fingerprint density at radius 3 is 2.80 bits per heavy atom. The van der Waals surface area contributed by atoms with Gasteiger partial charge in [0.1, 0.15) is 10.9 Å². The van der Waals surface area contributed by atoms with Crippen molar-refractivity contribution < 1.29 is 19.4 Å². The van der Waals surface area contributed by atoms with E-state index in [1.807, 2.05) is 0 Å². The second-order valence-corrected chi connectivity index (χ2v) is 5.18. The SMILES string of the molecule is NC(=O)c1cc(OCC2(CNC(=O)O)CC2)cnc1Cl. The summed E-state index contributed by atoms with van der Waals surface area (Å²) in [5, 5.41) is 11.0. The number of aromatic nitrogens is 1. The monoisotopic (exact) mass is 299 g/mol. The molecule has 0 spiro atoms. The molecule has 0 aliphatic heterocycles. The maximum Gasteiger partial charge on any atom is 0.404 e. The average molecular weight is 300 g/mol. The number of carbonyl (C=O) groups is 2. The average Bonchev–Trinajstić information content (AvgIpc) is 3.16. The van der Waals surface area contributed by atoms with Gasteiger partial charge in [0.15, 0.2) is 0 Å². The highest BCUT2D eigenvalue weighted by Gasteiger charge is 2.43. The molecule has 2 rings (SSSR count). The minimum absolute atomic E-state index is 0.0264. The molecule has 0 unspecified atom stereocenters. The number of nitrogens with zero attached hydrogens (tertiary/aromatic N) is 1. The van der Waals surface area contributed by atoms with E-state index in [4.69, 9.17) is 27.2 Å². The molecule has 1 aliphatic rings. The molecule has 0 atom stereocenters. The first-order valence-corrected chi connectivity index (χ1v) is 6.35. The van der Waals surface area contributed by atoms with E-state index in [0.29, 0.717) is 18.9 Å². The van der Waals surface area contributed by atoms with Crippen molar-refractivity contribution in [1.29, 1.82) is 0 Å². The molecule has 4 N–H and O–H groups in total. The number of ether oxygens (including phenoxy) is 1. The number of halogens is 1. The van der Waals surface area contributed by atoms with Gasteiger partial charge < -0.3 is 20.9 Å². The Morgan fingerprint density at radius 1 is 1.55 bits per heavy atom. The minimum atomic E-state index is -1.06. The van der Waals surface area contributed by atoms with Crippen molar-refractivity contribution in [3.63, 3.8) is 0 Å². The molecule has 0 bridgehead atoms. The molecule has 1 heterocycles. The van der Waals surface area contributed by atoms with Crippen molar-refractivity contribution in [1.82, 2.24) is 10.3 Å². The Labute approximate surface area is 120 Å². The topological polar surface area (TPSA) is 115 Å². The molecule has 1 saturated carbocycles.